The number of carboxylic acid groups (broad SMARTS) is 1. The summed E-state index contributed by atoms with van der Waals surface area (Å²) in [6.07, 6.45) is 4.03. The first-order valence-corrected chi connectivity index (χ1v) is 13.1. The second kappa shape index (κ2) is 11.5. The van der Waals surface area contributed by atoms with Crippen LogP contribution in [0.2, 0.25) is 0 Å². The maximum atomic E-state index is 8.36. The van der Waals surface area contributed by atoms with Crippen LogP contribution in [-0.2, 0) is 11.3 Å². The molecule has 1 aliphatic heterocycles. The molecule has 10 heteroatoms. The zero-order valence-corrected chi connectivity index (χ0v) is 21.9. The monoisotopic (exact) mass is 527 g/mol. The van der Waals surface area contributed by atoms with E-state index in [1.54, 1.807) is 0 Å². The quantitative estimate of drug-likeness (QED) is 0.327. The second-order valence-corrected chi connectivity index (χ2v) is 10.2. The smallest absolute Gasteiger partial charge is 0.290 e. The Morgan fingerprint density at radius 3 is 2.42 bits per heavy atom. The van der Waals surface area contributed by atoms with Crippen molar-refractivity contribution in [2.75, 3.05) is 39.0 Å². The number of nitrogen functional groups attached to an aromatic ring is 1. The van der Waals surface area contributed by atoms with E-state index in [-0.39, 0.29) is 6.47 Å². The molecule has 0 bridgehead atoms. The van der Waals surface area contributed by atoms with Crippen molar-refractivity contribution >= 4 is 28.6 Å². The zero-order chi connectivity index (χ0) is 26.5. The van der Waals surface area contributed by atoms with Crippen molar-refractivity contribution < 1.29 is 9.90 Å². The Labute approximate surface area is 224 Å². The lowest BCUT2D eigenvalue weighted by Crippen LogP contribution is -2.43. The van der Waals surface area contributed by atoms with Gasteiger partial charge in [0.05, 0.1) is 11.9 Å². The van der Waals surface area contributed by atoms with Gasteiger partial charge in [0.2, 0.25) is 5.13 Å². The van der Waals surface area contributed by atoms with E-state index < -0.39 is 0 Å². The maximum Gasteiger partial charge on any atom is 0.290 e. The molecule has 2 aromatic carbocycles. The number of rotatable bonds is 5. The van der Waals surface area contributed by atoms with Gasteiger partial charge in [0, 0.05) is 50.0 Å². The highest BCUT2D eigenvalue weighted by molar-refractivity contribution is 7.18. The van der Waals surface area contributed by atoms with E-state index in [4.69, 9.17) is 20.6 Å². The highest BCUT2D eigenvalue weighted by Gasteiger charge is 2.15. The van der Waals surface area contributed by atoms with Crippen LogP contribution in [0.15, 0.2) is 73.1 Å². The number of likely N-dealkylation sites (N-methyl/N-ethyl adjacent to an activating group) is 1. The van der Waals surface area contributed by atoms with Gasteiger partial charge in [-0.05, 0) is 48.0 Å². The van der Waals surface area contributed by atoms with E-state index in [2.05, 4.69) is 86.2 Å². The topological polar surface area (TPSA) is 113 Å². The molecule has 38 heavy (non-hydrogen) atoms. The number of aromatic nitrogens is 4. The number of benzene rings is 2. The lowest BCUT2D eigenvalue weighted by Gasteiger charge is -2.32. The summed E-state index contributed by atoms with van der Waals surface area (Å²) in [5, 5.41) is 16.3. The van der Waals surface area contributed by atoms with Crippen LogP contribution in [0, 0.1) is 0 Å². The fraction of sp³-hybridized carbons (Fsp3) is 0.214. The third-order valence-electron chi connectivity index (χ3n) is 6.62. The number of anilines is 1. The average Bonchev–Trinajstić information content (AvgIpc) is 3.57. The summed E-state index contributed by atoms with van der Waals surface area (Å²) < 4.78 is 2.13. The predicted octanol–water partition coefficient (Wildman–Crippen LogP) is 4.22. The maximum absolute atomic E-state index is 8.36. The summed E-state index contributed by atoms with van der Waals surface area (Å²) in [5.41, 5.74) is 13.6. The summed E-state index contributed by atoms with van der Waals surface area (Å²) in [6, 6.07) is 21.5. The molecule has 4 heterocycles. The van der Waals surface area contributed by atoms with Crippen LogP contribution in [0.3, 0.4) is 0 Å². The van der Waals surface area contributed by atoms with Gasteiger partial charge in [-0.15, -0.1) is 10.2 Å². The van der Waals surface area contributed by atoms with Crippen LogP contribution >= 0.6 is 11.3 Å². The molecule has 6 rings (SSSR count). The molecule has 9 nitrogen and oxygen atoms in total. The van der Waals surface area contributed by atoms with Crippen molar-refractivity contribution in [1.29, 1.82) is 0 Å². The molecule has 0 amide bonds. The number of piperazine rings is 1. The Hall–Kier alpha value is -4.12. The van der Waals surface area contributed by atoms with E-state index in [1.165, 1.54) is 28.0 Å². The van der Waals surface area contributed by atoms with Gasteiger partial charge < -0.3 is 15.7 Å². The van der Waals surface area contributed by atoms with Gasteiger partial charge in [-0.3, -0.25) is 14.1 Å². The van der Waals surface area contributed by atoms with E-state index in [0.29, 0.717) is 5.13 Å². The van der Waals surface area contributed by atoms with Crippen LogP contribution in [-0.4, -0.2) is 74.2 Å². The Bertz CT molecular complexity index is 1540. The van der Waals surface area contributed by atoms with E-state index in [9.17, 15) is 0 Å². The van der Waals surface area contributed by atoms with Crippen molar-refractivity contribution in [2.24, 2.45) is 0 Å². The van der Waals surface area contributed by atoms with Gasteiger partial charge >= 0.3 is 0 Å². The van der Waals surface area contributed by atoms with Crippen molar-refractivity contribution in [2.45, 2.75) is 6.54 Å². The molecule has 194 valence electrons. The molecule has 0 unspecified atom stereocenters. The summed E-state index contributed by atoms with van der Waals surface area (Å²) in [7, 11) is 2.20. The molecule has 0 saturated carbocycles. The number of imidazole rings is 1. The summed E-state index contributed by atoms with van der Waals surface area (Å²) in [5.74, 6) is 0. The molecule has 3 aromatic heterocycles. The Balaban J connectivity index is 0.000000937. The second-order valence-electron chi connectivity index (χ2n) is 9.20. The fourth-order valence-corrected chi connectivity index (χ4v) is 5.26. The number of fused-ring (bicyclic) bond motifs is 1. The van der Waals surface area contributed by atoms with Gasteiger partial charge in [0.1, 0.15) is 10.7 Å². The van der Waals surface area contributed by atoms with Crippen LogP contribution in [0.5, 0.6) is 0 Å². The number of nitrogens with zero attached hydrogens (tertiary/aromatic N) is 6. The normalized spacial score (nSPS) is 14.2. The van der Waals surface area contributed by atoms with Gasteiger partial charge in [-0.1, -0.05) is 47.7 Å². The first kappa shape index (κ1) is 25.5. The van der Waals surface area contributed by atoms with Crippen molar-refractivity contribution in [1.82, 2.24) is 29.4 Å². The Morgan fingerprint density at radius 1 is 0.947 bits per heavy atom. The summed E-state index contributed by atoms with van der Waals surface area (Å²) in [4.78, 5) is 18.0. The molecule has 0 radical (unpaired) electrons. The molecule has 1 fully saturated rings. The van der Waals surface area contributed by atoms with E-state index in [1.807, 2.05) is 18.3 Å². The third-order valence-corrected chi connectivity index (χ3v) is 7.42. The molecule has 1 saturated heterocycles. The van der Waals surface area contributed by atoms with Crippen LogP contribution < -0.4 is 5.73 Å². The first-order chi connectivity index (χ1) is 18.5. The van der Waals surface area contributed by atoms with E-state index in [0.717, 1.165) is 60.2 Å². The number of carbonyl (C=O) groups is 1. The van der Waals surface area contributed by atoms with Gasteiger partial charge in [0.15, 0.2) is 0 Å². The fourth-order valence-electron chi connectivity index (χ4n) is 4.65. The molecule has 5 aromatic rings. The summed E-state index contributed by atoms with van der Waals surface area (Å²) in [6.45, 7) is 5.26. The minimum Gasteiger partial charge on any atom is -0.483 e. The van der Waals surface area contributed by atoms with Gasteiger partial charge in [-0.2, -0.15) is 0 Å². The van der Waals surface area contributed by atoms with Crippen LogP contribution in [0.1, 0.15) is 5.56 Å². The Kier molecular flexibility index (Phi) is 7.73. The summed E-state index contributed by atoms with van der Waals surface area (Å²) >= 11 is 1.39. The van der Waals surface area contributed by atoms with Crippen LogP contribution in [0.25, 0.3) is 38.6 Å². The lowest BCUT2D eigenvalue weighted by molar-refractivity contribution is -0.122. The Morgan fingerprint density at radius 2 is 1.66 bits per heavy atom. The molecule has 0 spiro atoms. The lowest BCUT2D eigenvalue weighted by atomic mass is 10.0. The average molecular weight is 528 g/mol. The zero-order valence-electron chi connectivity index (χ0n) is 21.1. The SMILES string of the molecule is CN1CCN(Cc2cccc(-c3ccn4c(-c5cccc(-c6nnc(N)s6)c5)cnc4c3)c2)CC1.O=CO. The third kappa shape index (κ3) is 5.72. The number of hydrogen-bond acceptors (Lipinski definition) is 8. The highest BCUT2D eigenvalue weighted by Crippen LogP contribution is 2.30. The molecule has 1 aliphatic rings. The molecular weight excluding hydrogens is 498 g/mol. The minimum atomic E-state index is -0.250. The first-order valence-electron chi connectivity index (χ1n) is 12.3. The van der Waals surface area contributed by atoms with E-state index >= 15 is 0 Å². The van der Waals surface area contributed by atoms with Crippen molar-refractivity contribution in [3.05, 3.63) is 78.6 Å². The van der Waals surface area contributed by atoms with Crippen molar-refractivity contribution in [3.8, 4) is 33.0 Å². The number of pyridine rings is 1. The minimum absolute atomic E-state index is 0.250. The highest BCUT2D eigenvalue weighted by atomic mass is 32.1. The number of hydrogen-bond donors (Lipinski definition) is 2. The molecule has 0 aliphatic carbocycles. The van der Waals surface area contributed by atoms with Crippen molar-refractivity contribution in [3.63, 3.8) is 0 Å². The molecular formula is C28H29N7O2S. The largest absolute Gasteiger partial charge is 0.483 e. The standard InChI is InChI=1S/C27H27N7S.CH2O2/c1-32-10-12-33(13-11-32)18-19-4-2-5-20(14-19)21-8-9-34-24(17-29-25(34)16-21)22-6-3-7-23(15-22)26-30-31-27(28)35-26;2-1-3/h2-9,14-17H,10-13,18H2,1H3,(H2,28,31);1H,(H,2,3). The van der Waals surface area contributed by atoms with Crippen LogP contribution in [0.4, 0.5) is 5.13 Å². The van der Waals surface area contributed by atoms with Gasteiger partial charge in [-0.25, -0.2) is 4.98 Å². The molecule has 3 N–H and O–H groups in total. The number of nitrogens with two attached hydrogens (primary N) is 1. The van der Waals surface area contributed by atoms with Gasteiger partial charge in [0.25, 0.3) is 6.47 Å². The molecule has 0 atom stereocenters. The predicted molar refractivity (Wildman–Crippen MR) is 151 cm³/mol.